The predicted molar refractivity (Wildman–Crippen MR) is 164 cm³/mol. The van der Waals surface area contributed by atoms with Crippen molar-refractivity contribution < 1.29 is 39.0 Å². The van der Waals surface area contributed by atoms with Gasteiger partial charge in [0.1, 0.15) is 23.3 Å². The molecule has 0 bridgehead atoms. The molecule has 3 heterocycles. The van der Waals surface area contributed by atoms with E-state index >= 15 is 0 Å². The summed E-state index contributed by atoms with van der Waals surface area (Å²) in [7, 11) is 0. The van der Waals surface area contributed by atoms with Gasteiger partial charge in [0.05, 0.1) is 11.8 Å². The molecule has 4 aromatic carbocycles. The molecule has 7 rings (SSSR count). The Hall–Kier alpha value is -4.68. The Morgan fingerprint density at radius 2 is 1.56 bits per heavy atom. The second-order valence-corrected chi connectivity index (χ2v) is 11.5. The molecule has 0 aliphatic heterocycles. The molecule has 7 aromatic rings. The molecule has 45 heavy (non-hydrogen) atoms. The summed E-state index contributed by atoms with van der Waals surface area (Å²) in [6, 6.07) is 29.3. The second kappa shape index (κ2) is 11.7. The SMILES string of the molecule is CC(C)(C)c1ccnc(-n2c3[c-]c(Oc4[c-]c(-n5cc(-c6c(F)cc(F)cc6F)cn5)ccc4)ccc3c3ccccc32)c1.[Pt+2]. The molecule has 0 saturated carbocycles. The van der Waals surface area contributed by atoms with E-state index in [2.05, 4.69) is 60.8 Å². The molecular formula is C36H25F3N4OPt. The van der Waals surface area contributed by atoms with Gasteiger partial charge in [0.2, 0.25) is 0 Å². The molecule has 0 N–H and O–H groups in total. The van der Waals surface area contributed by atoms with E-state index in [9.17, 15) is 13.2 Å². The van der Waals surface area contributed by atoms with E-state index in [1.165, 1.54) is 22.6 Å². The largest absolute Gasteiger partial charge is 2.00 e. The van der Waals surface area contributed by atoms with Gasteiger partial charge in [0.15, 0.2) is 0 Å². The van der Waals surface area contributed by atoms with Crippen molar-refractivity contribution >= 4 is 21.8 Å². The molecular weight excluding hydrogens is 756 g/mol. The fourth-order valence-electron chi connectivity index (χ4n) is 5.33. The number of aromatic nitrogens is 4. The van der Waals surface area contributed by atoms with Crippen molar-refractivity contribution in [2.24, 2.45) is 0 Å². The van der Waals surface area contributed by atoms with Gasteiger partial charge in [-0.05, 0) is 40.3 Å². The standard InChI is InChI=1S/C36H25F3N4O.Pt/c1-36(2,3)23-13-14-40-34(15-23)43-32-10-5-4-9-28(32)29-12-11-27(19-33(29)43)44-26-8-6-7-25(18-26)42-21-22(20-41-42)35-30(38)16-24(37)17-31(35)39;/h4-17,20-21H,1-3H3;/q-2;+2. The van der Waals surface area contributed by atoms with E-state index in [0.29, 0.717) is 29.3 Å². The van der Waals surface area contributed by atoms with E-state index in [0.717, 1.165) is 27.6 Å². The number of rotatable bonds is 5. The Kier molecular flexibility index (Phi) is 7.87. The molecule has 0 spiro atoms. The zero-order valence-electron chi connectivity index (χ0n) is 24.4. The van der Waals surface area contributed by atoms with Gasteiger partial charge in [0.25, 0.3) is 0 Å². The van der Waals surface area contributed by atoms with Crippen LogP contribution in [0.4, 0.5) is 13.2 Å². The molecule has 0 fully saturated rings. The zero-order chi connectivity index (χ0) is 30.6. The first-order valence-electron chi connectivity index (χ1n) is 14.0. The third-order valence-electron chi connectivity index (χ3n) is 7.50. The molecule has 0 atom stereocenters. The predicted octanol–water partition coefficient (Wildman–Crippen LogP) is 9.14. The molecule has 5 nitrogen and oxygen atoms in total. The van der Waals surface area contributed by atoms with Crippen LogP contribution >= 0.6 is 0 Å². The van der Waals surface area contributed by atoms with E-state index in [-0.39, 0.29) is 37.6 Å². The van der Waals surface area contributed by atoms with Crippen LogP contribution in [-0.4, -0.2) is 19.3 Å². The number of halogens is 3. The van der Waals surface area contributed by atoms with Crippen LogP contribution in [0.2, 0.25) is 0 Å². The smallest absolute Gasteiger partial charge is 0.509 e. The van der Waals surface area contributed by atoms with Crippen molar-refractivity contribution in [3.8, 4) is 34.1 Å². The first kappa shape index (κ1) is 30.3. The van der Waals surface area contributed by atoms with Crippen molar-refractivity contribution in [1.82, 2.24) is 19.3 Å². The van der Waals surface area contributed by atoms with Crippen LogP contribution in [0.25, 0.3) is 44.4 Å². The molecule has 9 heteroatoms. The molecule has 0 amide bonds. The van der Waals surface area contributed by atoms with Crippen LogP contribution < -0.4 is 4.74 Å². The first-order chi connectivity index (χ1) is 21.2. The average molecular weight is 782 g/mol. The summed E-state index contributed by atoms with van der Waals surface area (Å²) < 4.78 is 51.8. The average Bonchev–Trinajstić information content (AvgIpc) is 3.59. The Labute approximate surface area is 272 Å². The van der Waals surface area contributed by atoms with Crippen LogP contribution in [0.15, 0.2) is 97.5 Å². The fourth-order valence-corrected chi connectivity index (χ4v) is 5.33. The molecule has 3 aromatic heterocycles. The van der Waals surface area contributed by atoms with E-state index in [1.54, 1.807) is 18.2 Å². The summed E-state index contributed by atoms with van der Waals surface area (Å²) >= 11 is 0. The summed E-state index contributed by atoms with van der Waals surface area (Å²) in [5.74, 6) is -1.35. The number of hydrogen-bond donors (Lipinski definition) is 0. The topological polar surface area (TPSA) is 44.9 Å². The van der Waals surface area contributed by atoms with Crippen molar-refractivity contribution in [3.05, 3.63) is 133 Å². The van der Waals surface area contributed by atoms with Crippen molar-refractivity contribution in [2.45, 2.75) is 26.2 Å². The maximum atomic E-state index is 14.3. The quantitative estimate of drug-likeness (QED) is 0.164. The van der Waals surface area contributed by atoms with Gasteiger partial charge in [-0.25, -0.2) is 18.2 Å². The molecule has 0 aliphatic carbocycles. The number of benzene rings is 4. The summed E-state index contributed by atoms with van der Waals surface area (Å²) in [5, 5.41) is 6.32. The van der Waals surface area contributed by atoms with E-state index in [1.807, 2.05) is 36.5 Å². The summed E-state index contributed by atoms with van der Waals surface area (Å²) in [4.78, 5) is 4.71. The third kappa shape index (κ3) is 5.66. The maximum Gasteiger partial charge on any atom is 2.00 e. The van der Waals surface area contributed by atoms with Gasteiger partial charge < -0.3 is 9.30 Å². The van der Waals surface area contributed by atoms with Crippen molar-refractivity contribution in [3.63, 3.8) is 0 Å². The second-order valence-electron chi connectivity index (χ2n) is 11.5. The van der Waals surface area contributed by atoms with Crippen molar-refractivity contribution in [2.75, 3.05) is 0 Å². The minimum atomic E-state index is -1.01. The monoisotopic (exact) mass is 781 g/mol. The van der Waals surface area contributed by atoms with E-state index < -0.39 is 17.5 Å². The molecule has 226 valence electrons. The molecule has 0 unspecified atom stereocenters. The Morgan fingerprint density at radius 1 is 0.800 bits per heavy atom. The van der Waals surface area contributed by atoms with E-state index in [4.69, 9.17) is 9.72 Å². The van der Waals surface area contributed by atoms with Gasteiger partial charge in [-0.15, -0.1) is 35.7 Å². The van der Waals surface area contributed by atoms with Crippen LogP contribution in [0.3, 0.4) is 0 Å². The number of pyridine rings is 1. The number of hydrogen-bond acceptors (Lipinski definition) is 3. The normalized spacial score (nSPS) is 11.6. The molecule has 0 aliphatic rings. The summed E-state index contributed by atoms with van der Waals surface area (Å²) in [5.41, 5.74) is 3.23. The number of ether oxygens (including phenoxy) is 1. The number of fused-ring (bicyclic) bond motifs is 3. The van der Waals surface area contributed by atoms with Gasteiger partial charge in [0, 0.05) is 47.1 Å². The Morgan fingerprint density at radius 3 is 2.33 bits per heavy atom. The Bertz CT molecular complexity index is 2180. The van der Waals surface area contributed by atoms with Crippen LogP contribution in [0.1, 0.15) is 26.3 Å². The number of para-hydroxylation sites is 1. The molecule has 0 radical (unpaired) electrons. The summed E-state index contributed by atoms with van der Waals surface area (Å²) in [6.45, 7) is 6.51. The minimum Gasteiger partial charge on any atom is -0.509 e. The molecule has 0 saturated heterocycles. The van der Waals surface area contributed by atoms with Crippen LogP contribution in [0, 0.1) is 29.6 Å². The minimum absolute atomic E-state index is 0. The van der Waals surface area contributed by atoms with Gasteiger partial charge in [-0.3, -0.25) is 4.68 Å². The first-order valence-corrected chi connectivity index (χ1v) is 14.0. The number of nitrogens with zero attached hydrogens (tertiary/aromatic N) is 4. The van der Waals surface area contributed by atoms with Crippen molar-refractivity contribution in [1.29, 1.82) is 0 Å². The maximum absolute atomic E-state index is 14.3. The van der Waals surface area contributed by atoms with Gasteiger partial charge >= 0.3 is 21.1 Å². The Balaban J connectivity index is 0.00000357. The zero-order valence-corrected chi connectivity index (χ0v) is 26.7. The van der Waals surface area contributed by atoms with Gasteiger partial charge in [-0.1, -0.05) is 44.5 Å². The van der Waals surface area contributed by atoms with Crippen LogP contribution in [-0.2, 0) is 26.5 Å². The fraction of sp³-hybridized carbons (Fsp3) is 0.111. The van der Waals surface area contributed by atoms with Crippen LogP contribution in [0.5, 0.6) is 11.5 Å². The third-order valence-corrected chi connectivity index (χ3v) is 7.50. The van der Waals surface area contributed by atoms with Gasteiger partial charge in [-0.2, -0.15) is 17.2 Å². The summed E-state index contributed by atoms with van der Waals surface area (Å²) in [6.07, 6.45) is 4.59.